The van der Waals surface area contributed by atoms with E-state index in [0.717, 1.165) is 30.4 Å². The third kappa shape index (κ3) is 3.69. The average Bonchev–Trinajstić information content (AvgIpc) is 2.97. The first-order valence-corrected chi connectivity index (χ1v) is 8.82. The van der Waals surface area contributed by atoms with E-state index in [1.807, 2.05) is 12.1 Å². The van der Waals surface area contributed by atoms with Gasteiger partial charge in [-0.25, -0.2) is 8.78 Å². The number of carbonyl (C=O) groups excluding carboxylic acids is 1. The van der Waals surface area contributed by atoms with Gasteiger partial charge >= 0.3 is 0 Å². The highest BCUT2D eigenvalue weighted by Crippen LogP contribution is 2.36. The number of aryl methyl sites for hydroxylation is 1. The van der Waals surface area contributed by atoms with E-state index in [9.17, 15) is 13.6 Å². The Kier molecular flexibility index (Phi) is 5.20. The molecule has 0 saturated carbocycles. The van der Waals surface area contributed by atoms with Crippen molar-refractivity contribution >= 4 is 17.2 Å². The van der Waals surface area contributed by atoms with Crippen LogP contribution in [0.1, 0.15) is 60.3 Å². The van der Waals surface area contributed by atoms with Crippen LogP contribution in [0.2, 0.25) is 0 Å². The van der Waals surface area contributed by atoms with Gasteiger partial charge in [0.2, 0.25) is 0 Å². The molecule has 4 nitrogen and oxygen atoms in total. The van der Waals surface area contributed by atoms with Crippen LogP contribution in [-0.2, 0) is 13.5 Å². The number of nitrogens with zero attached hydrogens (tertiary/aromatic N) is 2. The topological polar surface area (TPSA) is 46.9 Å². The summed E-state index contributed by atoms with van der Waals surface area (Å²) in [5, 5.41) is 6.52. The number of carbonyl (C=O) groups is 1. The van der Waals surface area contributed by atoms with Crippen LogP contribution in [0.3, 0.4) is 0 Å². The van der Waals surface area contributed by atoms with Gasteiger partial charge in [-0.1, -0.05) is 32.1 Å². The number of benzene rings is 1. The molecule has 138 valence electrons. The summed E-state index contributed by atoms with van der Waals surface area (Å²) in [6.45, 7) is 4.28. The van der Waals surface area contributed by atoms with Gasteiger partial charge in [-0.05, 0) is 47.9 Å². The molecule has 6 heteroatoms. The molecule has 0 unspecified atom stereocenters. The number of anilines is 1. The van der Waals surface area contributed by atoms with Gasteiger partial charge in [0.05, 0.1) is 5.56 Å². The van der Waals surface area contributed by atoms with Crippen molar-refractivity contribution in [1.82, 2.24) is 9.78 Å². The standard InChI is InChI=1S/C20H23F2N3O/c1-12(2)10-13-6-4-8-15-14(13)7-5-9-17(15)23-20(26)16-11-25(3)24-18(16)19(21)22/h5,7,9-12,19H,4,6,8H2,1-3H3,(H,23,26). The summed E-state index contributed by atoms with van der Waals surface area (Å²) in [5.74, 6) is -0.111. The lowest BCUT2D eigenvalue weighted by Crippen LogP contribution is -2.16. The maximum Gasteiger partial charge on any atom is 0.282 e. The number of hydrogen-bond acceptors (Lipinski definition) is 2. The third-order valence-corrected chi connectivity index (χ3v) is 4.49. The molecule has 0 atom stereocenters. The molecule has 0 bridgehead atoms. The summed E-state index contributed by atoms with van der Waals surface area (Å²) in [5.41, 5.74) is 3.60. The van der Waals surface area contributed by atoms with E-state index in [1.165, 1.54) is 23.5 Å². The number of amides is 1. The number of halogens is 2. The van der Waals surface area contributed by atoms with Gasteiger partial charge in [0.25, 0.3) is 12.3 Å². The zero-order valence-electron chi connectivity index (χ0n) is 15.2. The summed E-state index contributed by atoms with van der Waals surface area (Å²) < 4.78 is 27.5. The second-order valence-corrected chi connectivity index (χ2v) is 6.98. The Balaban J connectivity index is 1.94. The van der Waals surface area contributed by atoms with E-state index < -0.39 is 18.0 Å². The van der Waals surface area contributed by atoms with Crippen molar-refractivity contribution in [1.29, 1.82) is 0 Å². The van der Waals surface area contributed by atoms with Crippen molar-refractivity contribution in [2.24, 2.45) is 13.0 Å². The molecule has 1 aromatic carbocycles. The Hall–Kier alpha value is -2.50. The molecule has 0 fully saturated rings. The molecule has 1 amide bonds. The van der Waals surface area contributed by atoms with Crippen molar-refractivity contribution in [2.75, 3.05) is 5.32 Å². The Morgan fingerprint density at radius 3 is 2.77 bits per heavy atom. The van der Waals surface area contributed by atoms with Crippen LogP contribution in [0.4, 0.5) is 14.5 Å². The first kappa shape index (κ1) is 18.3. The SMILES string of the molecule is CC(C)C=C1CCCc2c(NC(=O)c3cn(C)nc3C(F)F)cccc21. The van der Waals surface area contributed by atoms with Gasteiger partial charge in [0, 0.05) is 18.9 Å². The number of alkyl halides is 2. The largest absolute Gasteiger partial charge is 0.322 e. The summed E-state index contributed by atoms with van der Waals surface area (Å²) in [4.78, 5) is 12.6. The molecule has 0 saturated heterocycles. The van der Waals surface area contributed by atoms with E-state index in [0.29, 0.717) is 11.6 Å². The van der Waals surface area contributed by atoms with Crippen molar-refractivity contribution in [2.45, 2.75) is 39.5 Å². The Labute approximate surface area is 151 Å². The Morgan fingerprint density at radius 1 is 1.31 bits per heavy atom. The van der Waals surface area contributed by atoms with Crippen LogP contribution in [0, 0.1) is 5.92 Å². The van der Waals surface area contributed by atoms with Gasteiger partial charge in [-0.3, -0.25) is 9.48 Å². The second kappa shape index (κ2) is 7.40. The van der Waals surface area contributed by atoms with E-state index in [-0.39, 0.29) is 5.56 Å². The Bertz CT molecular complexity index is 853. The highest BCUT2D eigenvalue weighted by atomic mass is 19.3. The summed E-state index contributed by atoms with van der Waals surface area (Å²) >= 11 is 0. The third-order valence-electron chi connectivity index (χ3n) is 4.49. The predicted molar refractivity (Wildman–Crippen MR) is 98.3 cm³/mol. The molecule has 2 aromatic rings. The predicted octanol–water partition coefficient (Wildman–Crippen LogP) is 4.99. The van der Waals surface area contributed by atoms with Crippen LogP contribution in [-0.4, -0.2) is 15.7 Å². The number of allylic oxidation sites excluding steroid dienone is 2. The lowest BCUT2D eigenvalue weighted by atomic mass is 9.85. The molecule has 1 aromatic heterocycles. The minimum atomic E-state index is -2.79. The molecule has 26 heavy (non-hydrogen) atoms. The minimum Gasteiger partial charge on any atom is -0.322 e. The normalized spacial score (nSPS) is 15.6. The maximum absolute atomic E-state index is 13.1. The van der Waals surface area contributed by atoms with Crippen LogP contribution < -0.4 is 5.32 Å². The molecule has 0 spiro atoms. The molecule has 0 radical (unpaired) electrons. The van der Waals surface area contributed by atoms with Crippen LogP contribution in [0.15, 0.2) is 30.5 Å². The second-order valence-electron chi connectivity index (χ2n) is 6.98. The highest BCUT2D eigenvalue weighted by molar-refractivity contribution is 6.05. The average molecular weight is 359 g/mol. The monoisotopic (exact) mass is 359 g/mol. The molecule has 1 aliphatic carbocycles. The lowest BCUT2D eigenvalue weighted by Gasteiger charge is -2.23. The maximum atomic E-state index is 13.1. The molecule has 3 rings (SSSR count). The zero-order valence-corrected chi connectivity index (χ0v) is 15.2. The van der Waals surface area contributed by atoms with Gasteiger partial charge in [0.1, 0.15) is 5.69 Å². The van der Waals surface area contributed by atoms with Crippen molar-refractivity contribution in [3.05, 3.63) is 52.9 Å². The molecule has 1 N–H and O–H groups in total. The van der Waals surface area contributed by atoms with Gasteiger partial charge < -0.3 is 5.32 Å². The fourth-order valence-corrected chi connectivity index (χ4v) is 3.47. The smallest absolute Gasteiger partial charge is 0.282 e. The quantitative estimate of drug-likeness (QED) is 0.836. The van der Waals surface area contributed by atoms with Gasteiger partial charge in [-0.2, -0.15) is 5.10 Å². The van der Waals surface area contributed by atoms with Crippen LogP contribution >= 0.6 is 0 Å². The first-order chi connectivity index (χ1) is 12.4. The van der Waals surface area contributed by atoms with Gasteiger partial charge in [0.15, 0.2) is 0 Å². The Morgan fingerprint density at radius 2 is 2.08 bits per heavy atom. The zero-order chi connectivity index (χ0) is 18.8. The van der Waals surface area contributed by atoms with E-state index in [1.54, 1.807) is 0 Å². The van der Waals surface area contributed by atoms with Crippen LogP contribution in [0.5, 0.6) is 0 Å². The summed E-state index contributed by atoms with van der Waals surface area (Å²) in [6.07, 6.45) is 3.67. The number of aromatic nitrogens is 2. The van der Waals surface area contributed by atoms with Gasteiger partial charge in [-0.15, -0.1) is 0 Å². The number of fused-ring (bicyclic) bond motifs is 1. The number of hydrogen-bond donors (Lipinski definition) is 1. The van der Waals surface area contributed by atoms with E-state index >= 15 is 0 Å². The molecular weight excluding hydrogens is 336 g/mol. The summed E-state index contributed by atoms with van der Waals surface area (Å²) in [7, 11) is 1.52. The molecule has 0 aliphatic heterocycles. The van der Waals surface area contributed by atoms with Crippen molar-refractivity contribution < 1.29 is 13.6 Å². The molecule has 1 aliphatic rings. The highest BCUT2D eigenvalue weighted by Gasteiger charge is 2.24. The molecular formula is C20H23F2N3O. The first-order valence-electron chi connectivity index (χ1n) is 8.82. The lowest BCUT2D eigenvalue weighted by molar-refractivity contribution is 0.101. The fraction of sp³-hybridized carbons (Fsp3) is 0.400. The minimum absolute atomic E-state index is 0.0890. The van der Waals surface area contributed by atoms with Crippen LogP contribution in [0.25, 0.3) is 5.57 Å². The number of rotatable bonds is 4. The van der Waals surface area contributed by atoms with E-state index in [4.69, 9.17) is 0 Å². The van der Waals surface area contributed by atoms with Crippen molar-refractivity contribution in [3.63, 3.8) is 0 Å². The molecule has 1 heterocycles. The fourth-order valence-electron chi connectivity index (χ4n) is 3.47. The number of nitrogens with one attached hydrogen (secondary N) is 1. The summed E-state index contributed by atoms with van der Waals surface area (Å²) in [6, 6.07) is 5.78. The van der Waals surface area contributed by atoms with E-state index in [2.05, 4.69) is 36.4 Å². The van der Waals surface area contributed by atoms with Crippen molar-refractivity contribution in [3.8, 4) is 0 Å².